The highest BCUT2D eigenvalue weighted by Gasteiger charge is 2.45. The molecule has 2 aromatic rings. The van der Waals surface area contributed by atoms with Gasteiger partial charge in [0, 0.05) is 0 Å². The van der Waals surface area contributed by atoms with Crippen LogP contribution in [0.1, 0.15) is 0 Å². The summed E-state index contributed by atoms with van der Waals surface area (Å²) < 4.78 is 10.5. The van der Waals surface area contributed by atoms with E-state index < -0.39 is 17.8 Å². The summed E-state index contributed by atoms with van der Waals surface area (Å²) in [6.07, 6.45) is 0. The zero-order chi connectivity index (χ0) is 17.8. The maximum absolute atomic E-state index is 12.4. The lowest BCUT2D eigenvalue weighted by molar-refractivity contribution is -0.139. The second-order valence-electron chi connectivity index (χ2n) is 5.24. The molecule has 1 aliphatic rings. The molecule has 0 aromatic heterocycles. The van der Waals surface area contributed by atoms with E-state index in [0.29, 0.717) is 17.2 Å². The van der Waals surface area contributed by atoms with Crippen LogP contribution >= 0.6 is 0 Å². The van der Waals surface area contributed by atoms with E-state index in [-0.39, 0.29) is 13.2 Å². The molecule has 0 atom stereocenters. The summed E-state index contributed by atoms with van der Waals surface area (Å²) in [5, 5.41) is 0. The number of carbonyl (C=O) groups excluding carboxylic acids is 3. The van der Waals surface area contributed by atoms with Gasteiger partial charge in [-0.05, 0) is 36.4 Å². The first-order valence-corrected chi connectivity index (χ1v) is 7.63. The lowest BCUT2D eigenvalue weighted by Crippen LogP contribution is -2.36. The van der Waals surface area contributed by atoms with Crippen molar-refractivity contribution in [1.29, 1.82) is 0 Å². The fraction of sp³-hybridized carbons (Fsp3) is 0.167. The van der Waals surface area contributed by atoms with Crippen LogP contribution in [0.25, 0.3) is 0 Å². The van der Waals surface area contributed by atoms with E-state index >= 15 is 0 Å². The van der Waals surface area contributed by atoms with Gasteiger partial charge in [-0.3, -0.25) is 14.5 Å². The fourth-order valence-electron chi connectivity index (χ4n) is 2.43. The zero-order valence-electron chi connectivity index (χ0n) is 13.5. The fourth-order valence-corrected chi connectivity index (χ4v) is 2.43. The van der Waals surface area contributed by atoms with Gasteiger partial charge in [0.1, 0.15) is 18.1 Å². The van der Waals surface area contributed by atoms with Crippen LogP contribution in [0.3, 0.4) is 0 Å². The van der Waals surface area contributed by atoms with Gasteiger partial charge in [-0.1, -0.05) is 18.2 Å². The molecule has 128 valence electrons. The zero-order valence-corrected chi connectivity index (χ0v) is 13.5. The number of carbonyl (C=O) groups is 3. The number of amides is 4. The molecule has 0 radical (unpaired) electrons. The summed E-state index contributed by atoms with van der Waals surface area (Å²) >= 11 is 0. The quantitative estimate of drug-likeness (QED) is 0.594. The number of benzene rings is 2. The molecule has 4 amide bonds. The molecular weight excluding hydrogens is 324 g/mol. The SMILES string of the molecule is COc1ccc(N2C(=O)C(=O)N(CCOc3ccccc3)C2=O)cc1. The van der Waals surface area contributed by atoms with Gasteiger partial charge in [0.2, 0.25) is 0 Å². The first kappa shape index (κ1) is 16.5. The summed E-state index contributed by atoms with van der Waals surface area (Å²) in [6, 6.07) is 14.7. The van der Waals surface area contributed by atoms with E-state index in [0.717, 1.165) is 9.80 Å². The molecule has 0 aliphatic carbocycles. The Hall–Kier alpha value is -3.35. The molecule has 1 saturated heterocycles. The van der Waals surface area contributed by atoms with Crippen LogP contribution in [0.4, 0.5) is 10.5 Å². The Morgan fingerprint density at radius 2 is 1.52 bits per heavy atom. The van der Waals surface area contributed by atoms with Crippen molar-refractivity contribution in [3.05, 3.63) is 54.6 Å². The highest BCUT2D eigenvalue weighted by Crippen LogP contribution is 2.24. The van der Waals surface area contributed by atoms with Gasteiger partial charge >= 0.3 is 17.8 Å². The smallest absolute Gasteiger partial charge is 0.339 e. The lowest BCUT2D eigenvalue weighted by atomic mass is 10.3. The van der Waals surface area contributed by atoms with Gasteiger partial charge in [-0.2, -0.15) is 0 Å². The molecule has 2 aromatic carbocycles. The summed E-state index contributed by atoms with van der Waals surface area (Å²) in [7, 11) is 1.51. The average Bonchev–Trinajstić information content (AvgIpc) is 2.86. The second-order valence-corrected chi connectivity index (χ2v) is 5.24. The highest BCUT2D eigenvalue weighted by atomic mass is 16.5. The van der Waals surface area contributed by atoms with Crippen LogP contribution in [-0.4, -0.2) is 43.0 Å². The minimum absolute atomic E-state index is 0.00897. The molecule has 1 fully saturated rings. The van der Waals surface area contributed by atoms with Crippen molar-refractivity contribution in [1.82, 2.24) is 4.90 Å². The van der Waals surface area contributed by atoms with Crippen molar-refractivity contribution in [2.45, 2.75) is 0 Å². The molecule has 0 unspecified atom stereocenters. The van der Waals surface area contributed by atoms with Crippen LogP contribution in [0.2, 0.25) is 0 Å². The molecule has 25 heavy (non-hydrogen) atoms. The highest BCUT2D eigenvalue weighted by molar-refractivity contribution is 6.52. The Kier molecular flexibility index (Phi) is 4.65. The molecular formula is C18H16N2O5. The Morgan fingerprint density at radius 3 is 2.16 bits per heavy atom. The van der Waals surface area contributed by atoms with Crippen molar-refractivity contribution < 1.29 is 23.9 Å². The molecule has 1 aliphatic heterocycles. The molecule has 0 spiro atoms. The van der Waals surface area contributed by atoms with Crippen LogP contribution in [0.5, 0.6) is 11.5 Å². The van der Waals surface area contributed by atoms with E-state index in [2.05, 4.69) is 0 Å². The molecule has 1 heterocycles. The number of para-hydroxylation sites is 1. The van der Waals surface area contributed by atoms with Crippen LogP contribution in [0.15, 0.2) is 54.6 Å². The van der Waals surface area contributed by atoms with Crippen LogP contribution < -0.4 is 14.4 Å². The standard InChI is InChI=1S/C18H16N2O5/c1-24-14-9-7-13(8-10-14)20-17(22)16(21)19(18(20)23)11-12-25-15-5-3-2-4-6-15/h2-10H,11-12H2,1H3. The van der Waals surface area contributed by atoms with E-state index in [1.54, 1.807) is 36.4 Å². The maximum Gasteiger partial charge on any atom is 0.339 e. The number of anilines is 1. The maximum atomic E-state index is 12.4. The average molecular weight is 340 g/mol. The van der Waals surface area contributed by atoms with Crippen LogP contribution in [0, 0.1) is 0 Å². The normalized spacial score (nSPS) is 14.2. The summed E-state index contributed by atoms with van der Waals surface area (Å²) in [5.41, 5.74) is 0.315. The largest absolute Gasteiger partial charge is 0.497 e. The Bertz CT molecular complexity index is 789. The van der Waals surface area contributed by atoms with Crippen molar-refractivity contribution in [3.63, 3.8) is 0 Å². The number of imide groups is 2. The minimum atomic E-state index is -0.880. The van der Waals surface area contributed by atoms with Crippen molar-refractivity contribution >= 4 is 23.5 Å². The van der Waals surface area contributed by atoms with Crippen molar-refractivity contribution in [2.24, 2.45) is 0 Å². The van der Waals surface area contributed by atoms with E-state index in [4.69, 9.17) is 9.47 Å². The third-order valence-electron chi connectivity index (χ3n) is 3.71. The minimum Gasteiger partial charge on any atom is -0.497 e. The number of urea groups is 1. The number of hydrogen-bond donors (Lipinski definition) is 0. The van der Waals surface area contributed by atoms with Gasteiger partial charge < -0.3 is 9.47 Å². The summed E-state index contributed by atoms with van der Waals surface area (Å²) in [4.78, 5) is 38.4. The van der Waals surface area contributed by atoms with Gasteiger partial charge in [0.05, 0.1) is 19.3 Å². The molecule has 7 nitrogen and oxygen atoms in total. The van der Waals surface area contributed by atoms with E-state index in [1.165, 1.54) is 7.11 Å². The monoisotopic (exact) mass is 340 g/mol. The number of hydrogen-bond acceptors (Lipinski definition) is 5. The number of ether oxygens (including phenoxy) is 2. The topological polar surface area (TPSA) is 76.2 Å². The molecule has 7 heteroatoms. The molecule has 0 saturated carbocycles. The first-order valence-electron chi connectivity index (χ1n) is 7.63. The van der Waals surface area contributed by atoms with Crippen LogP contribution in [-0.2, 0) is 9.59 Å². The lowest BCUT2D eigenvalue weighted by Gasteiger charge is -2.16. The predicted molar refractivity (Wildman–Crippen MR) is 89.5 cm³/mol. The van der Waals surface area contributed by atoms with Gasteiger partial charge in [0.15, 0.2) is 0 Å². The predicted octanol–water partition coefficient (Wildman–Crippen LogP) is 2.07. The molecule has 0 N–H and O–H groups in total. The Balaban J connectivity index is 1.68. The Morgan fingerprint density at radius 1 is 0.840 bits per heavy atom. The number of nitrogens with zero attached hydrogens (tertiary/aromatic N) is 2. The van der Waals surface area contributed by atoms with Gasteiger partial charge in [-0.15, -0.1) is 0 Å². The van der Waals surface area contributed by atoms with Crippen molar-refractivity contribution in [2.75, 3.05) is 25.2 Å². The third kappa shape index (κ3) is 3.30. The number of rotatable bonds is 6. The van der Waals surface area contributed by atoms with E-state index in [1.807, 2.05) is 18.2 Å². The van der Waals surface area contributed by atoms with Crippen molar-refractivity contribution in [3.8, 4) is 11.5 Å². The summed E-state index contributed by atoms with van der Waals surface area (Å²) in [6.45, 7) is 0.0934. The van der Waals surface area contributed by atoms with Gasteiger partial charge in [-0.25, -0.2) is 9.69 Å². The molecule has 3 rings (SSSR count). The van der Waals surface area contributed by atoms with Gasteiger partial charge in [0.25, 0.3) is 0 Å². The third-order valence-corrected chi connectivity index (χ3v) is 3.71. The molecule has 0 bridgehead atoms. The first-order chi connectivity index (χ1) is 12.1. The summed E-state index contributed by atoms with van der Waals surface area (Å²) in [5.74, 6) is -0.533. The van der Waals surface area contributed by atoms with E-state index in [9.17, 15) is 14.4 Å². The number of methoxy groups -OCH3 is 1. The Labute approximate surface area is 144 Å². The second kappa shape index (κ2) is 7.04.